The number of amides is 1. The number of carboxylic acid groups (broad SMARTS) is 1. The summed E-state index contributed by atoms with van der Waals surface area (Å²) in [6.07, 6.45) is 3.51. The van der Waals surface area contributed by atoms with Crippen molar-refractivity contribution in [2.24, 2.45) is 0 Å². The van der Waals surface area contributed by atoms with E-state index in [9.17, 15) is 9.59 Å². The number of rotatable bonds is 5. The molecular formula is C19H20N2O4. The second-order valence-corrected chi connectivity index (χ2v) is 6.44. The lowest BCUT2D eigenvalue weighted by atomic mass is 9.93. The molecule has 1 saturated heterocycles. The van der Waals surface area contributed by atoms with E-state index in [2.05, 4.69) is 10.3 Å². The maximum Gasteiger partial charge on any atom is 0.305 e. The summed E-state index contributed by atoms with van der Waals surface area (Å²) in [6.45, 7) is 2.65. The summed E-state index contributed by atoms with van der Waals surface area (Å²) >= 11 is 0. The lowest BCUT2D eigenvalue weighted by molar-refractivity contribution is -0.138. The van der Waals surface area contributed by atoms with Crippen LogP contribution >= 0.6 is 0 Å². The molecule has 1 unspecified atom stereocenters. The summed E-state index contributed by atoms with van der Waals surface area (Å²) in [7, 11) is 0. The molecule has 1 atom stereocenters. The molecule has 0 spiro atoms. The van der Waals surface area contributed by atoms with Gasteiger partial charge in [0, 0.05) is 24.6 Å². The number of aryl methyl sites for hydroxylation is 1. The van der Waals surface area contributed by atoms with E-state index in [4.69, 9.17) is 9.84 Å². The molecule has 0 radical (unpaired) electrons. The van der Waals surface area contributed by atoms with Gasteiger partial charge in [0.05, 0.1) is 24.1 Å². The van der Waals surface area contributed by atoms with E-state index in [1.54, 1.807) is 12.3 Å². The van der Waals surface area contributed by atoms with Crippen LogP contribution in [0.5, 0.6) is 0 Å². The molecule has 1 aromatic carbocycles. The van der Waals surface area contributed by atoms with Crippen molar-refractivity contribution in [1.82, 2.24) is 10.3 Å². The molecular weight excluding hydrogens is 320 g/mol. The van der Waals surface area contributed by atoms with Crippen molar-refractivity contribution >= 4 is 11.9 Å². The zero-order valence-electron chi connectivity index (χ0n) is 14.0. The number of benzene rings is 1. The van der Waals surface area contributed by atoms with Crippen LogP contribution in [0.4, 0.5) is 0 Å². The predicted octanol–water partition coefficient (Wildman–Crippen LogP) is 2.42. The maximum absolute atomic E-state index is 12.6. The number of nitrogens with zero attached hydrogens (tertiary/aromatic N) is 1. The minimum atomic E-state index is -0.961. The normalized spacial score (nSPS) is 19.6. The maximum atomic E-state index is 12.6. The van der Waals surface area contributed by atoms with Crippen LogP contribution in [0.15, 0.2) is 42.7 Å². The average Bonchev–Trinajstić information content (AvgIpc) is 3.02. The molecule has 1 aliphatic heterocycles. The summed E-state index contributed by atoms with van der Waals surface area (Å²) in [5.74, 6) is -1.30. The van der Waals surface area contributed by atoms with E-state index in [-0.39, 0.29) is 18.9 Å². The molecule has 6 nitrogen and oxygen atoms in total. The van der Waals surface area contributed by atoms with Gasteiger partial charge < -0.3 is 15.2 Å². The molecule has 0 bridgehead atoms. The molecule has 1 amide bonds. The van der Waals surface area contributed by atoms with Crippen molar-refractivity contribution in [3.63, 3.8) is 0 Å². The van der Waals surface area contributed by atoms with Crippen LogP contribution in [0, 0.1) is 6.92 Å². The van der Waals surface area contributed by atoms with Crippen LogP contribution in [0.25, 0.3) is 11.1 Å². The van der Waals surface area contributed by atoms with Gasteiger partial charge in [0.1, 0.15) is 0 Å². The number of hydrogen-bond donors (Lipinski definition) is 2. The fourth-order valence-corrected chi connectivity index (χ4v) is 3.04. The van der Waals surface area contributed by atoms with Crippen LogP contribution in [-0.2, 0) is 9.53 Å². The first-order valence-electron chi connectivity index (χ1n) is 8.12. The highest BCUT2D eigenvalue weighted by Crippen LogP contribution is 2.24. The van der Waals surface area contributed by atoms with Crippen LogP contribution < -0.4 is 5.32 Å². The Labute approximate surface area is 145 Å². The van der Waals surface area contributed by atoms with E-state index in [1.165, 1.54) is 6.20 Å². The van der Waals surface area contributed by atoms with Gasteiger partial charge in [-0.2, -0.15) is 0 Å². The summed E-state index contributed by atoms with van der Waals surface area (Å²) in [5.41, 5.74) is 2.48. The minimum Gasteiger partial charge on any atom is -0.481 e. The van der Waals surface area contributed by atoms with E-state index in [1.807, 2.05) is 31.2 Å². The lowest BCUT2D eigenvalue weighted by Gasteiger charge is -2.27. The van der Waals surface area contributed by atoms with Crippen molar-refractivity contribution in [2.75, 3.05) is 13.2 Å². The molecule has 25 heavy (non-hydrogen) atoms. The zero-order chi connectivity index (χ0) is 17.9. The highest BCUT2D eigenvalue weighted by atomic mass is 16.5. The third kappa shape index (κ3) is 4.03. The van der Waals surface area contributed by atoms with Gasteiger partial charge in [-0.3, -0.25) is 14.6 Å². The average molecular weight is 340 g/mol. The first-order chi connectivity index (χ1) is 12.0. The molecule has 3 rings (SSSR count). The summed E-state index contributed by atoms with van der Waals surface area (Å²) in [4.78, 5) is 27.9. The Morgan fingerprint density at radius 3 is 2.80 bits per heavy atom. The first-order valence-corrected chi connectivity index (χ1v) is 8.12. The third-order valence-electron chi connectivity index (χ3n) is 4.32. The second-order valence-electron chi connectivity index (χ2n) is 6.44. The predicted molar refractivity (Wildman–Crippen MR) is 92.3 cm³/mol. The monoisotopic (exact) mass is 340 g/mol. The molecule has 130 valence electrons. The quantitative estimate of drug-likeness (QED) is 0.873. The lowest BCUT2D eigenvalue weighted by Crippen LogP contribution is -2.50. The van der Waals surface area contributed by atoms with E-state index >= 15 is 0 Å². The molecule has 2 N–H and O–H groups in total. The van der Waals surface area contributed by atoms with Crippen molar-refractivity contribution in [3.8, 4) is 11.1 Å². The summed E-state index contributed by atoms with van der Waals surface area (Å²) < 4.78 is 5.31. The van der Waals surface area contributed by atoms with E-state index < -0.39 is 11.5 Å². The Hall–Kier alpha value is -2.73. The van der Waals surface area contributed by atoms with Crippen molar-refractivity contribution in [2.45, 2.75) is 25.3 Å². The number of pyridine rings is 1. The Balaban J connectivity index is 1.83. The highest BCUT2D eigenvalue weighted by Gasteiger charge is 2.38. The second kappa shape index (κ2) is 7.03. The van der Waals surface area contributed by atoms with Crippen LogP contribution in [-0.4, -0.2) is 40.7 Å². The minimum absolute atomic E-state index is 0.163. The van der Waals surface area contributed by atoms with Crippen LogP contribution in [0.1, 0.15) is 28.8 Å². The molecule has 2 heterocycles. The highest BCUT2D eigenvalue weighted by molar-refractivity contribution is 5.95. The third-order valence-corrected chi connectivity index (χ3v) is 4.32. The zero-order valence-corrected chi connectivity index (χ0v) is 14.0. The molecule has 0 aliphatic carbocycles. The standard InChI is InChI=1S/C19H20N2O4/c1-13-3-2-4-14(7-13)15-8-16(11-20-10-15)18(24)21-19(9-17(22)23)5-6-25-12-19/h2-4,7-8,10-11H,5-6,9,12H2,1H3,(H,21,24)(H,22,23). The van der Waals surface area contributed by atoms with Gasteiger partial charge in [0.25, 0.3) is 5.91 Å². The largest absolute Gasteiger partial charge is 0.481 e. The first kappa shape index (κ1) is 17.1. The summed E-state index contributed by atoms with van der Waals surface area (Å²) in [6, 6.07) is 9.71. The van der Waals surface area contributed by atoms with Crippen molar-refractivity contribution in [3.05, 3.63) is 53.9 Å². The Morgan fingerprint density at radius 2 is 2.12 bits per heavy atom. The number of ether oxygens (including phenoxy) is 1. The molecule has 6 heteroatoms. The van der Waals surface area contributed by atoms with Gasteiger partial charge in [-0.15, -0.1) is 0 Å². The van der Waals surface area contributed by atoms with E-state index in [0.717, 1.165) is 16.7 Å². The molecule has 1 aromatic heterocycles. The van der Waals surface area contributed by atoms with E-state index in [0.29, 0.717) is 18.6 Å². The molecule has 0 saturated carbocycles. The summed E-state index contributed by atoms with van der Waals surface area (Å²) in [5, 5.41) is 12.0. The Kier molecular flexibility index (Phi) is 4.81. The van der Waals surface area contributed by atoms with Crippen LogP contribution in [0.3, 0.4) is 0 Å². The number of hydrogen-bond acceptors (Lipinski definition) is 4. The fourth-order valence-electron chi connectivity index (χ4n) is 3.04. The Bertz CT molecular complexity index is 798. The number of carbonyl (C=O) groups excluding carboxylic acids is 1. The molecule has 1 aliphatic rings. The molecule has 1 fully saturated rings. The number of aromatic nitrogens is 1. The van der Waals surface area contributed by atoms with Crippen molar-refractivity contribution in [1.29, 1.82) is 0 Å². The number of aliphatic carboxylic acids is 1. The van der Waals surface area contributed by atoms with Crippen LogP contribution in [0.2, 0.25) is 0 Å². The smallest absolute Gasteiger partial charge is 0.305 e. The van der Waals surface area contributed by atoms with Crippen molar-refractivity contribution < 1.29 is 19.4 Å². The number of carboxylic acids is 1. The fraction of sp³-hybridized carbons (Fsp3) is 0.316. The van der Waals surface area contributed by atoms with Gasteiger partial charge >= 0.3 is 5.97 Å². The van der Waals surface area contributed by atoms with Gasteiger partial charge in [0.2, 0.25) is 0 Å². The van der Waals surface area contributed by atoms with Gasteiger partial charge in [-0.05, 0) is 25.0 Å². The Morgan fingerprint density at radius 1 is 1.28 bits per heavy atom. The SMILES string of the molecule is Cc1cccc(-c2cncc(C(=O)NC3(CC(=O)O)CCOC3)c2)c1. The topological polar surface area (TPSA) is 88.5 Å². The number of carbonyl (C=O) groups is 2. The van der Waals surface area contributed by atoms with Gasteiger partial charge in [-0.25, -0.2) is 0 Å². The number of nitrogens with one attached hydrogen (secondary N) is 1. The van der Waals surface area contributed by atoms with Gasteiger partial charge in [-0.1, -0.05) is 29.8 Å². The molecule has 2 aromatic rings. The van der Waals surface area contributed by atoms with Gasteiger partial charge in [0.15, 0.2) is 0 Å².